The molecule has 2 atom stereocenters. The van der Waals surface area contributed by atoms with E-state index in [0.717, 1.165) is 0 Å². The maximum atomic E-state index is 12.1. The average molecular weight is 271 g/mol. The van der Waals surface area contributed by atoms with Crippen LogP contribution in [0.15, 0.2) is 0 Å². The molecule has 0 bridgehead atoms. The summed E-state index contributed by atoms with van der Waals surface area (Å²) in [6.07, 6.45) is 0. The Morgan fingerprint density at radius 3 is 2.53 bits per heavy atom. The lowest BCUT2D eigenvalue weighted by atomic mass is 9.87. The number of rotatable bonds is 2. The Morgan fingerprint density at radius 1 is 1.47 bits per heavy atom. The van der Waals surface area contributed by atoms with Gasteiger partial charge in [-0.3, -0.25) is 4.79 Å². The first-order valence-electron chi connectivity index (χ1n) is 6.22. The van der Waals surface area contributed by atoms with Gasteiger partial charge in [-0.2, -0.15) is 0 Å². The fourth-order valence-electron chi connectivity index (χ4n) is 1.91. The minimum atomic E-state index is -1.09. The summed E-state index contributed by atoms with van der Waals surface area (Å²) in [6.45, 7) is 7.56. The molecule has 0 aromatic heterocycles. The Balaban J connectivity index is 2.77. The molecule has 7 heteroatoms. The van der Waals surface area contributed by atoms with E-state index in [4.69, 9.17) is 5.11 Å². The van der Waals surface area contributed by atoms with Crippen LogP contribution in [0, 0.1) is 5.41 Å². The number of carbonyl (C=O) groups is 3. The van der Waals surface area contributed by atoms with Crippen molar-refractivity contribution in [3.8, 4) is 0 Å². The molecule has 1 aliphatic rings. The molecule has 0 saturated carbocycles. The minimum Gasteiger partial charge on any atom is -0.480 e. The first kappa shape index (κ1) is 15.3. The maximum absolute atomic E-state index is 12.1. The summed E-state index contributed by atoms with van der Waals surface area (Å²) in [4.78, 5) is 36.1. The van der Waals surface area contributed by atoms with Gasteiger partial charge in [0.25, 0.3) is 0 Å². The molecule has 1 heterocycles. The first-order chi connectivity index (χ1) is 8.64. The van der Waals surface area contributed by atoms with Gasteiger partial charge in [0, 0.05) is 13.1 Å². The van der Waals surface area contributed by atoms with E-state index in [0.29, 0.717) is 13.1 Å². The van der Waals surface area contributed by atoms with E-state index in [1.807, 2.05) is 0 Å². The predicted molar refractivity (Wildman–Crippen MR) is 68.6 cm³/mol. The second kappa shape index (κ2) is 5.46. The van der Waals surface area contributed by atoms with Crippen LogP contribution in [0.5, 0.6) is 0 Å². The van der Waals surface area contributed by atoms with Gasteiger partial charge in [0.15, 0.2) is 0 Å². The highest BCUT2D eigenvalue weighted by Crippen LogP contribution is 2.20. The number of hydrogen-bond donors (Lipinski definition) is 3. The molecule has 0 spiro atoms. The summed E-state index contributed by atoms with van der Waals surface area (Å²) in [6, 6.07) is -2.12. The first-order valence-corrected chi connectivity index (χ1v) is 6.22. The standard InChI is InChI=1S/C12H21N3O4/c1-7-9(16)13-5-6-15(7)11(19)14-8(10(17)18)12(2,3)4/h7-8H,5-6H2,1-4H3,(H,13,16)(H,14,19)(H,17,18)/t7?,8-/m1/s1. The number of piperazine rings is 1. The van der Waals surface area contributed by atoms with Crippen LogP contribution in [0.1, 0.15) is 27.7 Å². The normalized spacial score (nSPS) is 21.6. The van der Waals surface area contributed by atoms with Crippen LogP contribution in [-0.2, 0) is 9.59 Å². The highest BCUT2D eigenvalue weighted by atomic mass is 16.4. The monoisotopic (exact) mass is 271 g/mol. The highest BCUT2D eigenvalue weighted by Gasteiger charge is 2.36. The average Bonchev–Trinajstić information content (AvgIpc) is 2.27. The maximum Gasteiger partial charge on any atom is 0.326 e. The Morgan fingerprint density at radius 2 is 2.05 bits per heavy atom. The van der Waals surface area contributed by atoms with Crippen LogP contribution >= 0.6 is 0 Å². The molecular weight excluding hydrogens is 250 g/mol. The lowest BCUT2D eigenvalue weighted by Crippen LogP contribution is -2.61. The highest BCUT2D eigenvalue weighted by molar-refractivity contribution is 5.89. The molecule has 1 saturated heterocycles. The third kappa shape index (κ3) is 3.59. The molecule has 19 heavy (non-hydrogen) atoms. The lowest BCUT2D eigenvalue weighted by molar-refractivity contribution is -0.142. The minimum absolute atomic E-state index is 0.232. The molecule has 1 aliphatic heterocycles. The molecule has 0 radical (unpaired) electrons. The molecule has 1 unspecified atom stereocenters. The molecular formula is C12H21N3O4. The van der Waals surface area contributed by atoms with Gasteiger partial charge in [-0.1, -0.05) is 20.8 Å². The van der Waals surface area contributed by atoms with Crippen LogP contribution in [0.4, 0.5) is 4.79 Å². The summed E-state index contributed by atoms with van der Waals surface area (Å²) in [7, 11) is 0. The van der Waals surface area contributed by atoms with Gasteiger partial charge in [-0.05, 0) is 12.3 Å². The summed E-state index contributed by atoms with van der Waals surface area (Å²) < 4.78 is 0. The zero-order valence-electron chi connectivity index (χ0n) is 11.7. The van der Waals surface area contributed by atoms with E-state index in [1.54, 1.807) is 27.7 Å². The zero-order valence-corrected chi connectivity index (χ0v) is 11.7. The van der Waals surface area contributed by atoms with Crippen molar-refractivity contribution in [3.05, 3.63) is 0 Å². The number of nitrogens with zero attached hydrogens (tertiary/aromatic N) is 1. The van der Waals surface area contributed by atoms with Crippen LogP contribution in [0.3, 0.4) is 0 Å². The van der Waals surface area contributed by atoms with Crippen LogP contribution in [-0.4, -0.2) is 53.1 Å². The number of nitrogens with one attached hydrogen (secondary N) is 2. The fourth-order valence-corrected chi connectivity index (χ4v) is 1.91. The van der Waals surface area contributed by atoms with E-state index < -0.39 is 29.5 Å². The van der Waals surface area contributed by atoms with Crippen molar-refractivity contribution < 1.29 is 19.5 Å². The van der Waals surface area contributed by atoms with Crippen LogP contribution < -0.4 is 10.6 Å². The molecule has 3 amide bonds. The van der Waals surface area contributed by atoms with Crippen LogP contribution in [0.2, 0.25) is 0 Å². The van der Waals surface area contributed by atoms with E-state index >= 15 is 0 Å². The SMILES string of the molecule is CC1C(=O)NCCN1C(=O)N[C@H](C(=O)O)C(C)(C)C. The third-order valence-corrected chi connectivity index (χ3v) is 3.14. The Hall–Kier alpha value is -1.79. The molecule has 7 nitrogen and oxygen atoms in total. The van der Waals surface area contributed by atoms with E-state index in [2.05, 4.69) is 10.6 Å². The van der Waals surface area contributed by atoms with Crippen molar-refractivity contribution in [2.45, 2.75) is 39.8 Å². The Kier molecular flexibility index (Phi) is 4.39. The van der Waals surface area contributed by atoms with Crippen molar-refractivity contribution in [2.75, 3.05) is 13.1 Å². The number of hydrogen-bond acceptors (Lipinski definition) is 3. The van der Waals surface area contributed by atoms with Crippen molar-refractivity contribution in [1.29, 1.82) is 0 Å². The number of amides is 3. The van der Waals surface area contributed by atoms with E-state index in [-0.39, 0.29) is 5.91 Å². The number of urea groups is 1. The summed E-state index contributed by atoms with van der Waals surface area (Å²) in [5, 5.41) is 14.3. The zero-order chi connectivity index (χ0) is 14.8. The number of carboxylic acid groups (broad SMARTS) is 1. The smallest absolute Gasteiger partial charge is 0.326 e. The van der Waals surface area contributed by atoms with Crippen molar-refractivity contribution in [3.63, 3.8) is 0 Å². The molecule has 1 fully saturated rings. The molecule has 1 rings (SSSR count). The van der Waals surface area contributed by atoms with Gasteiger partial charge < -0.3 is 20.6 Å². The number of carbonyl (C=O) groups excluding carboxylic acids is 2. The topological polar surface area (TPSA) is 98.7 Å². The Bertz CT molecular complexity index is 389. The molecule has 0 aromatic carbocycles. The molecule has 108 valence electrons. The quantitative estimate of drug-likeness (QED) is 0.659. The predicted octanol–water partition coefficient (Wildman–Crippen LogP) is 0.0156. The summed E-state index contributed by atoms with van der Waals surface area (Å²) >= 11 is 0. The van der Waals surface area contributed by atoms with Crippen molar-refractivity contribution in [2.24, 2.45) is 5.41 Å². The van der Waals surface area contributed by atoms with Gasteiger partial charge in [0.05, 0.1) is 0 Å². The summed E-state index contributed by atoms with van der Waals surface area (Å²) in [5.41, 5.74) is -0.608. The lowest BCUT2D eigenvalue weighted by Gasteiger charge is -2.35. The van der Waals surface area contributed by atoms with E-state index in [9.17, 15) is 14.4 Å². The van der Waals surface area contributed by atoms with E-state index in [1.165, 1.54) is 4.90 Å². The largest absolute Gasteiger partial charge is 0.480 e. The summed E-state index contributed by atoms with van der Waals surface area (Å²) in [5.74, 6) is -1.32. The Labute approximate surface area is 112 Å². The van der Waals surface area contributed by atoms with Gasteiger partial charge in [-0.25, -0.2) is 9.59 Å². The molecule has 0 aromatic rings. The van der Waals surface area contributed by atoms with Gasteiger partial charge in [-0.15, -0.1) is 0 Å². The second-order valence-electron chi connectivity index (χ2n) is 5.75. The van der Waals surface area contributed by atoms with Crippen molar-refractivity contribution in [1.82, 2.24) is 15.5 Å². The number of carboxylic acids is 1. The van der Waals surface area contributed by atoms with Crippen LogP contribution in [0.25, 0.3) is 0 Å². The van der Waals surface area contributed by atoms with Gasteiger partial charge in [0.2, 0.25) is 5.91 Å². The van der Waals surface area contributed by atoms with Gasteiger partial charge in [0.1, 0.15) is 12.1 Å². The molecule has 3 N–H and O–H groups in total. The number of aliphatic carboxylic acids is 1. The third-order valence-electron chi connectivity index (χ3n) is 3.14. The molecule has 0 aliphatic carbocycles. The second-order valence-corrected chi connectivity index (χ2v) is 5.75. The van der Waals surface area contributed by atoms with Crippen molar-refractivity contribution >= 4 is 17.9 Å². The van der Waals surface area contributed by atoms with Gasteiger partial charge >= 0.3 is 12.0 Å². The fraction of sp³-hybridized carbons (Fsp3) is 0.750.